The summed E-state index contributed by atoms with van der Waals surface area (Å²) in [5.41, 5.74) is 2.68. The first-order chi connectivity index (χ1) is 17.4. The molecule has 3 heterocycles. The van der Waals surface area contributed by atoms with Gasteiger partial charge in [-0.2, -0.15) is 5.10 Å². The summed E-state index contributed by atoms with van der Waals surface area (Å²) < 4.78 is 7.73. The molecule has 0 bridgehead atoms. The lowest BCUT2D eigenvalue weighted by Gasteiger charge is -2.30. The van der Waals surface area contributed by atoms with Gasteiger partial charge in [0.1, 0.15) is 12.1 Å². The minimum absolute atomic E-state index is 0.194. The van der Waals surface area contributed by atoms with Crippen LogP contribution in [0.2, 0.25) is 0 Å². The largest absolute Gasteiger partial charge is 0.444 e. The number of oxazole rings is 1. The van der Waals surface area contributed by atoms with Gasteiger partial charge in [0.15, 0.2) is 5.69 Å². The number of nitrogens with one attached hydrogen (secondary N) is 2. The lowest BCUT2D eigenvalue weighted by atomic mass is 9.80. The maximum Gasteiger partial charge on any atom is 0.277 e. The highest BCUT2D eigenvalue weighted by Gasteiger charge is 2.27. The Bertz CT molecular complexity index is 1180. The number of carbonyl (C=O) groups excluding carboxylic acids is 1. The summed E-state index contributed by atoms with van der Waals surface area (Å²) in [4.78, 5) is 21.9. The number of nitrogens with zero attached hydrogens (tertiary/aromatic N) is 4. The molecule has 3 aromatic rings. The average Bonchev–Trinajstić information content (AvgIpc) is 3.39. The molecule has 2 fully saturated rings. The highest BCUT2D eigenvalue weighted by molar-refractivity contribution is 6.03. The quantitative estimate of drug-likeness (QED) is 0.354. The smallest absolute Gasteiger partial charge is 0.277 e. The third kappa shape index (κ3) is 5.63. The monoisotopic (exact) mass is 490 g/mol. The fourth-order valence-electron chi connectivity index (χ4n) is 5.08. The molecule has 0 saturated heterocycles. The van der Waals surface area contributed by atoms with E-state index in [1.165, 1.54) is 31.9 Å². The second-order valence-corrected chi connectivity index (χ2v) is 11.1. The van der Waals surface area contributed by atoms with Crippen molar-refractivity contribution in [1.82, 2.24) is 19.7 Å². The first kappa shape index (κ1) is 24.5. The third-order valence-corrected chi connectivity index (χ3v) is 7.63. The van der Waals surface area contributed by atoms with Gasteiger partial charge in [-0.3, -0.25) is 9.48 Å². The van der Waals surface area contributed by atoms with E-state index in [0.717, 1.165) is 59.9 Å². The van der Waals surface area contributed by atoms with Crippen LogP contribution in [-0.2, 0) is 0 Å². The summed E-state index contributed by atoms with van der Waals surface area (Å²) in [7, 11) is 0. The van der Waals surface area contributed by atoms with Crippen molar-refractivity contribution in [2.45, 2.75) is 78.2 Å². The topological polar surface area (TPSA) is 97.9 Å². The van der Waals surface area contributed by atoms with Crippen molar-refractivity contribution >= 4 is 17.4 Å². The third-order valence-electron chi connectivity index (χ3n) is 7.63. The fourth-order valence-corrected chi connectivity index (χ4v) is 5.08. The van der Waals surface area contributed by atoms with Gasteiger partial charge in [0.2, 0.25) is 5.89 Å². The molecule has 0 spiro atoms. The molecule has 1 amide bonds. The van der Waals surface area contributed by atoms with Crippen LogP contribution < -0.4 is 10.6 Å². The van der Waals surface area contributed by atoms with Crippen LogP contribution in [0.3, 0.4) is 0 Å². The molecule has 5 rings (SSSR count). The van der Waals surface area contributed by atoms with Crippen LogP contribution in [0.25, 0.3) is 11.5 Å². The van der Waals surface area contributed by atoms with E-state index in [9.17, 15) is 4.79 Å². The van der Waals surface area contributed by atoms with E-state index in [2.05, 4.69) is 53.0 Å². The van der Waals surface area contributed by atoms with Crippen LogP contribution in [-0.4, -0.2) is 32.2 Å². The average molecular weight is 491 g/mol. The van der Waals surface area contributed by atoms with Crippen LogP contribution in [0.5, 0.6) is 0 Å². The van der Waals surface area contributed by atoms with E-state index in [1.54, 1.807) is 6.20 Å². The molecule has 8 nitrogen and oxygen atoms in total. The molecule has 0 radical (unpaired) electrons. The van der Waals surface area contributed by atoms with Gasteiger partial charge in [-0.05, 0) is 74.3 Å². The Morgan fingerprint density at radius 1 is 1.14 bits per heavy atom. The second kappa shape index (κ2) is 10.4. The lowest BCUT2D eigenvalue weighted by Crippen LogP contribution is -2.21. The van der Waals surface area contributed by atoms with Crippen LogP contribution >= 0.6 is 0 Å². The van der Waals surface area contributed by atoms with Gasteiger partial charge in [0.25, 0.3) is 5.91 Å². The van der Waals surface area contributed by atoms with Gasteiger partial charge in [0, 0.05) is 24.5 Å². The predicted molar refractivity (Wildman–Crippen MR) is 141 cm³/mol. The van der Waals surface area contributed by atoms with Crippen LogP contribution in [0, 0.1) is 17.8 Å². The van der Waals surface area contributed by atoms with Gasteiger partial charge in [0.05, 0.1) is 17.4 Å². The van der Waals surface area contributed by atoms with Crippen molar-refractivity contribution in [3.63, 3.8) is 0 Å². The number of anilines is 2. The Morgan fingerprint density at radius 3 is 2.61 bits per heavy atom. The SMILES string of the molecule is CC(C)c1nn([C@H]2CC[C@@H](C(C)C)CC2)cc1NC(=O)c1coc(-c2ccnc(NCC3CC3)c2)n1. The summed E-state index contributed by atoms with van der Waals surface area (Å²) >= 11 is 0. The number of carbonyl (C=O) groups is 1. The molecule has 8 heteroatoms. The van der Waals surface area contributed by atoms with E-state index >= 15 is 0 Å². The Morgan fingerprint density at radius 2 is 1.92 bits per heavy atom. The van der Waals surface area contributed by atoms with Crippen LogP contribution in [0.1, 0.15) is 94.4 Å². The van der Waals surface area contributed by atoms with Crippen LogP contribution in [0.4, 0.5) is 11.5 Å². The van der Waals surface area contributed by atoms with E-state index in [4.69, 9.17) is 9.52 Å². The molecule has 192 valence electrons. The van der Waals surface area contributed by atoms with Crippen molar-refractivity contribution < 1.29 is 9.21 Å². The van der Waals surface area contributed by atoms with Crippen molar-refractivity contribution in [2.75, 3.05) is 17.2 Å². The summed E-state index contributed by atoms with van der Waals surface area (Å²) in [5, 5.41) is 11.3. The first-order valence-corrected chi connectivity index (χ1v) is 13.4. The molecule has 0 aliphatic heterocycles. The Hall–Kier alpha value is -3.16. The van der Waals surface area contributed by atoms with E-state index in [1.807, 2.05) is 18.3 Å². The number of rotatable bonds is 9. The zero-order valence-corrected chi connectivity index (χ0v) is 21.8. The lowest BCUT2D eigenvalue weighted by molar-refractivity contribution is 0.102. The molecule has 36 heavy (non-hydrogen) atoms. The summed E-state index contributed by atoms with van der Waals surface area (Å²) in [6.07, 6.45) is 12.4. The Labute approximate surface area is 213 Å². The highest BCUT2D eigenvalue weighted by Crippen LogP contribution is 2.37. The van der Waals surface area contributed by atoms with Crippen molar-refractivity contribution in [1.29, 1.82) is 0 Å². The first-order valence-electron chi connectivity index (χ1n) is 13.4. The molecule has 0 unspecified atom stereocenters. The number of amides is 1. The van der Waals surface area contributed by atoms with Crippen molar-refractivity contribution in [3.8, 4) is 11.5 Å². The molecule has 2 saturated carbocycles. The second-order valence-electron chi connectivity index (χ2n) is 11.1. The molecular formula is C28H38N6O2. The van der Waals surface area contributed by atoms with Gasteiger partial charge in [-0.1, -0.05) is 27.7 Å². The minimum atomic E-state index is -0.295. The van der Waals surface area contributed by atoms with Crippen molar-refractivity contribution in [2.24, 2.45) is 17.8 Å². The normalized spacial score (nSPS) is 20.2. The van der Waals surface area contributed by atoms with E-state index in [-0.39, 0.29) is 17.5 Å². The van der Waals surface area contributed by atoms with Crippen LogP contribution in [0.15, 0.2) is 35.2 Å². The zero-order chi connectivity index (χ0) is 25.2. The Kier molecular flexibility index (Phi) is 7.12. The van der Waals surface area contributed by atoms with Crippen molar-refractivity contribution in [3.05, 3.63) is 42.2 Å². The highest BCUT2D eigenvalue weighted by atomic mass is 16.3. The van der Waals surface area contributed by atoms with E-state index in [0.29, 0.717) is 11.9 Å². The molecule has 2 N–H and O–H groups in total. The Balaban J connectivity index is 1.27. The number of aromatic nitrogens is 4. The maximum atomic E-state index is 13.1. The molecule has 0 atom stereocenters. The van der Waals surface area contributed by atoms with Gasteiger partial charge < -0.3 is 15.1 Å². The predicted octanol–water partition coefficient (Wildman–Crippen LogP) is 6.52. The molecule has 2 aliphatic carbocycles. The molecule has 2 aliphatic rings. The summed E-state index contributed by atoms with van der Waals surface area (Å²) in [5.74, 6) is 3.37. The number of pyridine rings is 1. The standard InChI is InChI=1S/C28H38N6O2/c1-17(2)20-7-9-22(10-8-20)34-15-23(26(33-34)18(3)4)31-27(35)24-16-36-28(32-24)21-11-12-29-25(13-21)30-14-19-5-6-19/h11-13,15-20,22H,5-10,14H2,1-4H3,(H,29,30)(H,31,35)/t20-,22+. The van der Waals surface area contributed by atoms with Gasteiger partial charge in [-0.15, -0.1) is 0 Å². The summed E-state index contributed by atoms with van der Waals surface area (Å²) in [6, 6.07) is 4.13. The summed E-state index contributed by atoms with van der Waals surface area (Å²) in [6.45, 7) is 9.77. The minimum Gasteiger partial charge on any atom is -0.444 e. The van der Waals surface area contributed by atoms with E-state index < -0.39 is 0 Å². The zero-order valence-electron chi connectivity index (χ0n) is 21.8. The molecular weight excluding hydrogens is 452 g/mol. The molecule has 3 aromatic heterocycles. The van der Waals surface area contributed by atoms with Gasteiger partial charge in [-0.25, -0.2) is 9.97 Å². The number of hydrogen-bond acceptors (Lipinski definition) is 6. The van der Waals surface area contributed by atoms with Gasteiger partial charge >= 0.3 is 0 Å². The fraction of sp³-hybridized carbons (Fsp3) is 0.571. The maximum absolute atomic E-state index is 13.1. The molecule has 0 aromatic carbocycles. The number of hydrogen-bond donors (Lipinski definition) is 2.